The molecule has 0 aliphatic rings. The zero-order valence-corrected chi connectivity index (χ0v) is 14.3. The van der Waals surface area contributed by atoms with Gasteiger partial charge in [-0.25, -0.2) is 13.2 Å². The lowest BCUT2D eigenvalue weighted by atomic mass is 10.1. The number of halogens is 3. The average Bonchev–Trinajstić information content (AvgIpc) is 3.19. The van der Waals surface area contributed by atoms with Gasteiger partial charge in [-0.2, -0.15) is 0 Å². The van der Waals surface area contributed by atoms with Gasteiger partial charge in [-0.15, -0.1) is 11.3 Å². The summed E-state index contributed by atoms with van der Waals surface area (Å²) in [6.07, 6.45) is 0. The molecule has 0 radical (unpaired) electrons. The van der Waals surface area contributed by atoms with Crippen molar-refractivity contribution in [2.24, 2.45) is 0 Å². The molecule has 3 aromatic rings. The summed E-state index contributed by atoms with van der Waals surface area (Å²) in [7, 11) is 0. The van der Waals surface area contributed by atoms with E-state index in [1.807, 2.05) is 47.8 Å². The number of hydrogen-bond acceptors (Lipinski definition) is 3. The Labute approximate surface area is 152 Å². The summed E-state index contributed by atoms with van der Waals surface area (Å²) < 4.78 is 39.9. The van der Waals surface area contributed by atoms with Crippen LogP contribution in [-0.4, -0.2) is 12.5 Å². The molecular formula is C19H15F3N2OS. The Balaban J connectivity index is 1.70. The highest BCUT2D eigenvalue weighted by Gasteiger charge is 2.18. The maximum Gasteiger partial charge on any atom is 0.240 e. The lowest BCUT2D eigenvalue weighted by Crippen LogP contribution is -2.33. The van der Waals surface area contributed by atoms with Crippen molar-refractivity contribution in [3.63, 3.8) is 0 Å². The molecule has 3 rings (SSSR count). The van der Waals surface area contributed by atoms with Gasteiger partial charge in [0.1, 0.15) is 0 Å². The Hall–Kier alpha value is -2.80. The number of thiophene rings is 1. The second-order valence-corrected chi connectivity index (χ2v) is 6.48. The molecule has 26 heavy (non-hydrogen) atoms. The largest absolute Gasteiger partial charge is 0.374 e. The quantitative estimate of drug-likeness (QED) is 0.623. The normalized spacial score (nSPS) is 11.8. The van der Waals surface area contributed by atoms with Crippen molar-refractivity contribution >= 4 is 22.9 Å². The van der Waals surface area contributed by atoms with E-state index >= 15 is 0 Å². The number of carbonyl (C=O) groups excluding carboxylic acids is 1. The van der Waals surface area contributed by atoms with Crippen LogP contribution in [0.25, 0.3) is 0 Å². The smallest absolute Gasteiger partial charge is 0.240 e. The van der Waals surface area contributed by atoms with Gasteiger partial charge in [-0.3, -0.25) is 4.79 Å². The number of nitrogens with one attached hydrogen (secondary N) is 2. The van der Waals surface area contributed by atoms with Crippen LogP contribution >= 0.6 is 11.3 Å². The highest BCUT2D eigenvalue weighted by atomic mass is 32.1. The van der Waals surface area contributed by atoms with Crippen molar-refractivity contribution < 1.29 is 18.0 Å². The van der Waals surface area contributed by atoms with Gasteiger partial charge in [0.2, 0.25) is 5.91 Å². The highest BCUT2D eigenvalue weighted by molar-refractivity contribution is 7.10. The van der Waals surface area contributed by atoms with Crippen LogP contribution in [-0.2, 0) is 4.79 Å². The number of benzene rings is 2. The molecule has 1 atom stereocenters. The first-order chi connectivity index (χ1) is 12.6. The zero-order chi connectivity index (χ0) is 18.5. The summed E-state index contributed by atoms with van der Waals surface area (Å²) in [4.78, 5) is 13.2. The molecule has 1 amide bonds. The van der Waals surface area contributed by atoms with Crippen LogP contribution in [0.4, 0.5) is 18.9 Å². The SMILES string of the molecule is O=C(CNc1ccc(F)c(F)c1F)N[C@H](c1ccccc1)c1cccs1. The molecule has 2 aromatic carbocycles. The molecule has 7 heteroatoms. The first-order valence-electron chi connectivity index (χ1n) is 7.81. The van der Waals surface area contributed by atoms with Crippen molar-refractivity contribution in [1.29, 1.82) is 0 Å². The second kappa shape index (κ2) is 8.05. The third-order valence-corrected chi connectivity index (χ3v) is 4.68. The predicted molar refractivity (Wildman–Crippen MR) is 95.6 cm³/mol. The molecule has 0 saturated carbocycles. The molecule has 0 aliphatic heterocycles. The Morgan fingerprint density at radius 1 is 0.962 bits per heavy atom. The van der Waals surface area contributed by atoms with Crippen LogP contribution in [0, 0.1) is 17.5 Å². The zero-order valence-electron chi connectivity index (χ0n) is 13.5. The molecule has 0 bridgehead atoms. The summed E-state index contributed by atoms with van der Waals surface area (Å²) >= 11 is 1.50. The van der Waals surface area contributed by atoms with Crippen molar-refractivity contribution in [3.05, 3.63) is 87.9 Å². The Morgan fingerprint density at radius 2 is 1.73 bits per heavy atom. The molecule has 2 N–H and O–H groups in total. The van der Waals surface area contributed by atoms with Gasteiger partial charge in [0.15, 0.2) is 17.5 Å². The number of anilines is 1. The van der Waals surface area contributed by atoms with Gasteiger partial charge in [0, 0.05) is 4.88 Å². The van der Waals surface area contributed by atoms with Crippen molar-refractivity contribution in [2.45, 2.75) is 6.04 Å². The fourth-order valence-corrected chi connectivity index (χ4v) is 3.27. The van der Waals surface area contributed by atoms with Crippen LogP contribution < -0.4 is 10.6 Å². The molecular weight excluding hydrogens is 361 g/mol. The molecule has 0 fully saturated rings. The van der Waals surface area contributed by atoms with Gasteiger partial charge >= 0.3 is 0 Å². The number of hydrogen-bond donors (Lipinski definition) is 2. The molecule has 0 spiro atoms. The minimum atomic E-state index is -1.57. The third kappa shape index (κ3) is 4.05. The predicted octanol–water partition coefficient (Wildman–Crippen LogP) is 4.48. The van der Waals surface area contributed by atoms with Crippen LogP contribution in [0.15, 0.2) is 60.0 Å². The summed E-state index contributed by atoms with van der Waals surface area (Å²) in [5.41, 5.74) is 0.633. The first-order valence-corrected chi connectivity index (χ1v) is 8.69. The fourth-order valence-electron chi connectivity index (χ4n) is 2.47. The van der Waals surface area contributed by atoms with E-state index in [-0.39, 0.29) is 18.3 Å². The minimum Gasteiger partial charge on any atom is -0.374 e. The maximum atomic E-state index is 13.7. The van der Waals surface area contributed by atoms with E-state index in [9.17, 15) is 18.0 Å². The average molecular weight is 376 g/mol. The molecule has 1 heterocycles. The van der Waals surface area contributed by atoms with Crippen molar-refractivity contribution in [1.82, 2.24) is 5.32 Å². The number of rotatable bonds is 6. The first kappa shape index (κ1) is 18.0. The lowest BCUT2D eigenvalue weighted by Gasteiger charge is -2.18. The van der Waals surface area contributed by atoms with Crippen LogP contribution in [0.3, 0.4) is 0 Å². The van der Waals surface area contributed by atoms with Crippen LogP contribution in [0.5, 0.6) is 0 Å². The van der Waals surface area contributed by atoms with E-state index in [0.717, 1.165) is 22.6 Å². The number of amides is 1. The van der Waals surface area contributed by atoms with Gasteiger partial charge in [-0.1, -0.05) is 36.4 Å². The van der Waals surface area contributed by atoms with Gasteiger partial charge in [0.25, 0.3) is 0 Å². The van der Waals surface area contributed by atoms with Gasteiger partial charge in [0.05, 0.1) is 18.3 Å². The molecule has 0 aliphatic carbocycles. The second-order valence-electron chi connectivity index (χ2n) is 5.50. The van der Waals surface area contributed by atoms with E-state index < -0.39 is 23.4 Å². The van der Waals surface area contributed by atoms with Crippen LogP contribution in [0.1, 0.15) is 16.5 Å². The monoisotopic (exact) mass is 376 g/mol. The molecule has 3 nitrogen and oxygen atoms in total. The highest BCUT2D eigenvalue weighted by Crippen LogP contribution is 2.26. The Kier molecular flexibility index (Phi) is 5.58. The van der Waals surface area contributed by atoms with Gasteiger partial charge in [-0.05, 0) is 29.1 Å². The van der Waals surface area contributed by atoms with E-state index in [0.29, 0.717) is 0 Å². The number of carbonyl (C=O) groups is 1. The van der Waals surface area contributed by atoms with E-state index in [4.69, 9.17) is 0 Å². The van der Waals surface area contributed by atoms with Crippen LogP contribution in [0.2, 0.25) is 0 Å². The lowest BCUT2D eigenvalue weighted by molar-refractivity contribution is -0.119. The summed E-state index contributed by atoms with van der Waals surface area (Å²) in [5.74, 6) is -4.61. The molecule has 0 saturated heterocycles. The molecule has 0 unspecified atom stereocenters. The maximum absolute atomic E-state index is 13.7. The standard InChI is InChI=1S/C19H15F3N2OS/c20-13-8-9-14(18(22)17(13)21)23-11-16(25)24-19(15-7-4-10-26-15)12-5-2-1-3-6-12/h1-10,19,23H,11H2,(H,24,25)/t19-/m1/s1. The Bertz CT molecular complexity index is 885. The van der Waals surface area contributed by atoms with Crippen molar-refractivity contribution in [2.75, 3.05) is 11.9 Å². The summed E-state index contributed by atoms with van der Waals surface area (Å²) in [6.45, 7) is -0.281. The Morgan fingerprint density at radius 3 is 2.42 bits per heavy atom. The van der Waals surface area contributed by atoms with Crippen molar-refractivity contribution in [3.8, 4) is 0 Å². The topological polar surface area (TPSA) is 41.1 Å². The fraction of sp³-hybridized carbons (Fsp3) is 0.105. The van der Waals surface area contributed by atoms with E-state index in [2.05, 4.69) is 10.6 Å². The molecule has 134 valence electrons. The summed E-state index contributed by atoms with van der Waals surface area (Å²) in [6, 6.07) is 14.7. The van der Waals surface area contributed by atoms with E-state index in [1.54, 1.807) is 0 Å². The third-order valence-electron chi connectivity index (χ3n) is 3.74. The van der Waals surface area contributed by atoms with Gasteiger partial charge < -0.3 is 10.6 Å². The van der Waals surface area contributed by atoms with E-state index in [1.165, 1.54) is 11.3 Å². The minimum absolute atomic E-state index is 0.272. The molecule has 1 aromatic heterocycles. The summed E-state index contributed by atoms with van der Waals surface area (Å²) in [5, 5.41) is 7.27.